The molecular weight excluding hydrogens is 338 g/mol. The fraction of sp³-hybridized carbons (Fsp3) is 0.429. The zero-order chi connectivity index (χ0) is 17.5. The van der Waals surface area contributed by atoms with Crippen LogP contribution in [-0.2, 0) is 15.6 Å². The molecular formula is C14H17N3O6S. The van der Waals surface area contributed by atoms with Crippen LogP contribution >= 0.6 is 0 Å². The average molecular weight is 355 g/mol. The molecule has 0 aliphatic carbocycles. The number of sulfonamides is 1. The molecule has 1 aromatic carbocycles. The van der Waals surface area contributed by atoms with E-state index < -0.39 is 27.5 Å². The summed E-state index contributed by atoms with van der Waals surface area (Å²) in [5.74, 6) is -0.842. The number of aromatic amines is 1. The lowest BCUT2D eigenvalue weighted by molar-refractivity contribution is -0.0458. The number of nitrogens with zero attached hydrogens (tertiary/aromatic N) is 1. The molecule has 0 radical (unpaired) electrons. The number of nitrogens with one attached hydrogen (secondary N) is 1. The second-order valence-electron chi connectivity index (χ2n) is 5.70. The molecule has 2 atom stereocenters. The van der Waals surface area contributed by atoms with Gasteiger partial charge in [-0.3, -0.25) is 0 Å². The number of ether oxygens (including phenoxy) is 1. The molecule has 0 bridgehead atoms. The Bertz CT molecular complexity index is 919. The fourth-order valence-corrected chi connectivity index (χ4v) is 3.69. The Labute approximate surface area is 137 Å². The molecule has 0 fully saturated rings. The van der Waals surface area contributed by atoms with E-state index in [2.05, 4.69) is 10.2 Å². The molecule has 3 rings (SSSR count). The van der Waals surface area contributed by atoms with Crippen molar-refractivity contribution in [2.24, 2.45) is 5.14 Å². The third-order valence-corrected chi connectivity index (χ3v) is 4.91. The van der Waals surface area contributed by atoms with Gasteiger partial charge in [0.25, 0.3) is 5.89 Å². The summed E-state index contributed by atoms with van der Waals surface area (Å²) >= 11 is 0. The zero-order valence-corrected chi connectivity index (χ0v) is 13.7. The Morgan fingerprint density at radius 2 is 2.25 bits per heavy atom. The van der Waals surface area contributed by atoms with Gasteiger partial charge in [-0.15, -0.1) is 5.10 Å². The van der Waals surface area contributed by atoms with Crippen LogP contribution in [0.5, 0.6) is 5.75 Å². The first-order valence-electron chi connectivity index (χ1n) is 7.35. The quantitative estimate of drug-likeness (QED) is 0.724. The third kappa shape index (κ3) is 2.72. The standard InChI is InChI=1S/C14H17N3O6S/c1-2-6-14(12-16-17-13(19)22-12)7-9(18)8-4-3-5-10(11(8)23-14)24(15,20)21/h3-5,9,18H,2,6-7H2,1H3,(H,17,19)(H2,15,20,21). The van der Waals surface area contributed by atoms with Gasteiger partial charge in [0.1, 0.15) is 10.6 Å². The molecule has 1 aromatic heterocycles. The highest BCUT2D eigenvalue weighted by atomic mass is 32.2. The van der Waals surface area contributed by atoms with Crippen molar-refractivity contribution in [3.63, 3.8) is 0 Å². The van der Waals surface area contributed by atoms with Crippen LogP contribution in [0.4, 0.5) is 0 Å². The van der Waals surface area contributed by atoms with Crippen molar-refractivity contribution in [1.82, 2.24) is 10.2 Å². The first kappa shape index (κ1) is 16.7. The van der Waals surface area contributed by atoms with Gasteiger partial charge in [0.2, 0.25) is 10.0 Å². The second-order valence-corrected chi connectivity index (χ2v) is 7.23. The van der Waals surface area contributed by atoms with Crippen molar-refractivity contribution in [2.75, 3.05) is 0 Å². The Morgan fingerprint density at radius 3 is 2.83 bits per heavy atom. The van der Waals surface area contributed by atoms with E-state index in [-0.39, 0.29) is 23.0 Å². The molecule has 0 amide bonds. The summed E-state index contributed by atoms with van der Waals surface area (Å²) in [7, 11) is -4.07. The summed E-state index contributed by atoms with van der Waals surface area (Å²) in [6.07, 6.45) is 0.0197. The number of rotatable bonds is 4. The zero-order valence-electron chi connectivity index (χ0n) is 12.9. The lowest BCUT2D eigenvalue weighted by Gasteiger charge is -2.38. The molecule has 1 aliphatic rings. The van der Waals surface area contributed by atoms with Crippen LogP contribution in [-0.4, -0.2) is 23.7 Å². The molecule has 2 heterocycles. The van der Waals surface area contributed by atoms with E-state index in [1.807, 2.05) is 6.92 Å². The van der Waals surface area contributed by atoms with Gasteiger partial charge < -0.3 is 14.3 Å². The summed E-state index contributed by atoms with van der Waals surface area (Å²) in [6.45, 7) is 1.88. The Balaban J connectivity index is 2.20. The topological polar surface area (TPSA) is 149 Å². The number of benzene rings is 1. The van der Waals surface area contributed by atoms with Crippen LogP contribution in [0.3, 0.4) is 0 Å². The van der Waals surface area contributed by atoms with Gasteiger partial charge in [-0.1, -0.05) is 25.5 Å². The number of aromatic nitrogens is 2. The van der Waals surface area contributed by atoms with Gasteiger partial charge >= 0.3 is 5.76 Å². The van der Waals surface area contributed by atoms with Crippen LogP contribution in [0.2, 0.25) is 0 Å². The molecule has 0 spiro atoms. The summed E-state index contributed by atoms with van der Waals surface area (Å²) in [5, 5.41) is 21.7. The number of fused-ring (bicyclic) bond motifs is 1. The molecule has 1 aliphatic heterocycles. The number of H-pyrrole nitrogens is 1. The number of aliphatic hydroxyl groups excluding tert-OH is 1. The minimum Gasteiger partial charge on any atom is -0.476 e. The number of para-hydroxylation sites is 1. The average Bonchev–Trinajstić information content (AvgIpc) is 2.93. The van der Waals surface area contributed by atoms with Crippen LogP contribution in [0.1, 0.15) is 43.7 Å². The molecule has 10 heteroatoms. The Morgan fingerprint density at radius 1 is 1.50 bits per heavy atom. The summed E-state index contributed by atoms with van der Waals surface area (Å²) in [4.78, 5) is 11.1. The van der Waals surface area contributed by atoms with E-state index in [9.17, 15) is 18.3 Å². The molecule has 24 heavy (non-hydrogen) atoms. The Hall–Kier alpha value is -2.17. The highest BCUT2D eigenvalue weighted by Gasteiger charge is 2.47. The maximum atomic E-state index is 11.8. The molecule has 9 nitrogen and oxygen atoms in total. The molecule has 130 valence electrons. The van der Waals surface area contributed by atoms with E-state index in [0.29, 0.717) is 18.4 Å². The molecule has 4 N–H and O–H groups in total. The monoisotopic (exact) mass is 355 g/mol. The maximum Gasteiger partial charge on any atom is 0.434 e. The third-order valence-electron chi connectivity index (χ3n) is 3.98. The van der Waals surface area contributed by atoms with Gasteiger partial charge in [-0.2, -0.15) is 0 Å². The molecule has 0 saturated carbocycles. The smallest absolute Gasteiger partial charge is 0.434 e. The van der Waals surface area contributed by atoms with Crippen molar-refractivity contribution < 1.29 is 22.7 Å². The number of nitrogens with two attached hydrogens (primary N) is 1. The fourth-order valence-electron chi connectivity index (χ4n) is 3.01. The van der Waals surface area contributed by atoms with E-state index >= 15 is 0 Å². The van der Waals surface area contributed by atoms with E-state index in [1.54, 1.807) is 6.07 Å². The van der Waals surface area contributed by atoms with Crippen LogP contribution in [0.15, 0.2) is 32.3 Å². The number of primary sulfonamides is 1. The number of hydrogen-bond acceptors (Lipinski definition) is 7. The van der Waals surface area contributed by atoms with Gasteiger partial charge in [-0.25, -0.2) is 23.4 Å². The SMILES string of the molecule is CCCC1(c2n[nH]c(=O)o2)CC(O)c2cccc(S(N)(=O)=O)c2O1. The van der Waals surface area contributed by atoms with Gasteiger partial charge in [0.05, 0.1) is 6.10 Å². The molecule has 0 saturated heterocycles. The lowest BCUT2D eigenvalue weighted by Crippen LogP contribution is -2.39. The molecule has 2 unspecified atom stereocenters. The van der Waals surface area contributed by atoms with Crippen molar-refractivity contribution in [3.05, 3.63) is 40.2 Å². The Kier molecular flexibility index (Phi) is 3.98. The van der Waals surface area contributed by atoms with Crippen molar-refractivity contribution in [2.45, 2.75) is 42.8 Å². The van der Waals surface area contributed by atoms with Gasteiger partial charge in [0, 0.05) is 12.0 Å². The predicted octanol–water partition coefficient (Wildman–Crippen LogP) is 0.522. The van der Waals surface area contributed by atoms with Crippen LogP contribution in [0.25, 0.3) is 0 Å². The second kappa shape index (κ2) is 5.72. The number of hydrogen-bond donors (Lipinski definition) is 3. The van der Waals surface area contributed by atoms with Crippen molar-refractivity contribution >= 4 is 10.0 Å². The highest BCUT2D eigenvalue weighted by molar-refractivity contribution is 7.89. The van der Waals surface area contributed by atoms with Gasteiger partial charge in [0.15, 0.2) is 5.60 Å². The first-order chi connectivity index (χ1) is 11.3. The maximum absolute atomic E-state index is 11.8. The first-order valence-corrected chi connectivity index (χ1v) is 8.90. The predicted molar refractivity (Wildman–Crippen MR) is 81.7 cm³/mol. The highest BCUT2D eigenvalue weighted by Crippen LogP contribution is 2.48. The van der Waals surface area contributed by atoms with E-state index in [0.717, 1.165) is 0 Å². The summed E-state index contributed by atoms with van der Waals surface area (Å²) < 4.78 is 34.7. The molecule has 2 aromatic rings. The van der Waals surface area contributed by atoms with Gasteiger partial charge in [-0.05, 0) is 12.5 Å². The van der Waals surface area contributed by atoms with Crippen molar-refractivity contribution in [1.29, 1.82) is 0 Å². The van der Waals surface area contributed by atoms with E-state index in [4.69, 9.17) is 14.3 Å². The van der Waals surface area contributed by atoms with Crippen molar-refractivity contribution in [3.8, 4) is 5.75 Å². The normalized spacial score (nSPS) is 23.5. The largest absolute Gasteiger partial charge is 0.476 e. The summed E-state index contributed by atoms with van der Waals surface area (Å²) in [6, 6.07) is 4.33. The minimum atomic E-state index is -4.07. The lowest BCUT2D eigenvalue weighted by atomic mass is 9.85. The van der Waals surface area contributed by atoms with E-state index in [1.165, 1.54) is 12.1 Å². The van der Waals surface area contributed by atoms with Crippen LogP contribution in [0, 0.1) is 0 Å². The minimum absolute atomic E-state index is 0.0386. The van der Waals surface area contributed by atoms with Crippen LogP contribution < -0.4 is 15.6 Å². The summed E-state index contributed by atoms with van der Waals surface area (Å²) in [5.41, 5.74) is -0.952. The number of aliphatic hydroxyl groups is 1.